The molecule has 17 heavy (non-hydrogen) atoms. The Morgan fingerprint density at radius 2 is 1.82 bits per heavy atom. The normalized spacial score (nSPS) is 13.5. The third kappa shape index (κ3) is 2.73. The molecular weight excluding hydrogens is 258 g/mol. The van der Waals surface area contributed by atoms with E-state index in [0.717, 1.165) is 11.3 Å². The molecule has 0 saturated carbocycles. The smallest absolute Gasteiger partial charge is 0.247 e. The van der Waals surface area contributed by atoms with E-state index >= 15 is 0 Å². The highest BCUT2D eigenvalue weighted by molar-refractivity contribution is 7.91. The second-order valence-electron chi connectivity index (χ2n) is 3.56. The SMILES string of the molecule is NS(=O)(=O)c1cc(C(O)c2ccccc2)cs1. The number of sulfonamides is 1. The number of rotatable bonds is 3. The molecule has 6 heteroatoms. The van der Waals surface area contributed by atoms with Gasteiger partial charge < -0.3 is 5.11 Å². The zero-order valence-electron chi connectivity index (χ0n) is 8.78. The summed E-state index contributed by atoms with van der Waals surface area (Å²) in [5.41, 5.74) is 1.25. The van der Waals surface area contributed by atoms with E-state index in [9.17, 15) is 13.5 Å². The number of aliphatic hydroxyl groups is 1. The average molecular weight is 269 g/mol. The lowest BCUT2D eigenvalue weighted by molar-refractivity contribution is 0.220. The van der Waals surface area contributed by atoms with Gasteiger partial charge in [-0.15, -0.1) is 11.3 Å². The summed E-state index contributed by atoms with van der Waals surface area (Å²) < 4.78 is 22.3. The Balaban J connectivity index is 2.33. The lowest BCUT2D eigenvalue weighted by Crippen LogP contribution is -2.10. The third-order valence-corrected chi connectivity index (χ3v) is 4.71. The molecule has 0 fully saturated rings. The van der Waals surface area contributed by atoms with E-state index in [1.54, 1.807) is 17.5 Å². The van der Waals surface area contributed by atoms with Crippen LogP contribution in [-0.4, -0.2) is 13.5 Å². The zero-order chi connectivity index (χ0) is 12.5. The molecule has 0 saturated heterocycles. The first-order valence-corrected chi connectivity index (χ1v) is 7.25. The van der Waals surface area contributed by atoms with Gasteiger partial charge in [0.15, 0.2) is 0 Å². The van der Waals surface area contributed by atoms with Gasteiger partial charge in [-0.25, -0.2) is 13.6 Å². The number of thiophene rings is 1. The summed E-state index contributed by atoms with van der Waals surface area (Å²) in [6, 6.07) is 10.4. The van der Waals surface area contributed by atoms with Crippen LogP contribution in [0.4, 0.5) is 0 Å². The topological polar surface area (TPSA) is 80.4 Å². The summed E-state index contributed by atoms with van der Waals surface area (Å²) in [5, 5.41) is 16.6. The summed E-state index contributed by atoms with van der Waals surface area (Å²) in [6.07, 6.45) is -0.831. The minimum atomic E-state index is -3.69. The van der Waals surface area contributed by atoms with E-state index in [0.29, 0.717) is 11.1 Å². The number of primary sulfonamides is 1. The maximum atomic E-state index is 11.1. The Morgan fingerprint density at radius 1 is 1.18 bits per heavy atom. The van der Waals surface area contributed by atoms with Crippen LogP contribution in [0, 0.1) is 0 Å². The van der Waals surface area contributed by atoms with Gasteiger partial charge in [0.1, 0.15) is 10.3 Å². The van der Waals surface area contributed by atoms with Crippen molar-refractivity contribution in [3.8, 4) is 0 Å². The van der Waals surface area contributed by atoms with Crippen molar-refractivity contribution in [2.45, 2.75) is 10.3 Å². The van der Waals surface area contributed by atoms with Crippen LogP contribution in [0.25, 0.3) is 0 Å². The highest BCUT2D eigenvalue weighted by Gasteiger charge is 2.16. The van der Waals surface area contributed by atoms with Crippen LogP contribution in [0.15, 0.2) is 46.0 Å². The summed E-state index contributed by atoms with van der Waals surface area (Å²) in [6.45, 7) is 0. The van der Waals surface area contributed by atoms with Gasteiger partial charge in [-0.1, -0.05) is 30.3 Å². The molecule has 0 aliphatic carbocycles. The van der Waals surface area contributed by atoms with Crippen LogP contribution in [0.1, 0.15) is 17.2 Å². The molecule has 1 atom stereocenters. The Hall–Kier alpha value is -1.21. The summed E-state index contributed by atoms with van der Waals surface area (Å²) in [5.74, 6) is 0. The maximum absolute atomic E-state index is 11.1. The molecular formula is C11H11NO3S2. The van der Waals surface area contributed by atoms with Crippen LogP contribution < -0.4 is 5.14 Å². The maximum Gasteiger partial charge on any atom is 0.247 e. The van der Waals surface area contributed by atoms with Gasteiger partial charge in [0.25, 0.3) is 0 Å². The molecule has 1 aromatic heterocycles. The Kier molecular flexibility index (Phi) is 3.30. The van der Waals surface area contributed by atoms with Crippen LogP contribution >= 0.6 is 11.3 Å². The fraction of sp³-hybridized carbons (Fsp3) is 0.0909. The fourth-order valence-corrected chi connectivity index (χ4v) is 3.09. The Morgan fingerprint density at radius 3 is 2.35 bits per heavy atom. The third-order valence-electron chi connectivity index (χ3n) is 2.31. The molecule has 0 aliphatic rings. The number of aliphatic hydroxyl groups excluding tert-OH is 1. The summed E-state index contributed by atoms with van der Waals surface area (Å²) >= 11 is 1.01. The lowest BCUT2D eigenvalue weighted by Gasteiger charge is -2.08. The van der Waals surface area contributed by atoms with Crippen molar-refractivity contribution in [1.29, 1.82) is 0 Å². The first-order valence-electron chi connectivity index (χ1n) is 4.83. The van der Waals surface area contributed by atoms with Gasteiger partial charge >= 0.3 is 0 Å². The van der Waals surface area contributed by atoms with Crippen molar-refractivity contribution in [1.82, 2.24) is 0 Å². The minimum Gasteiger partial charge on any atom is -0.384 e. The first-order chi connectivity index (χ1) is 7.98. The molecule has 1 unspecified atom stereocenters. The van der Waals surface area contributed by atoms with Gasteiger partial charge in [-0.2, -0.15) is 0 Å². The molecule has 0 bridgehead atoms. The van der Waals surface area contributed by atoms with E-state index in [2.05, 4.69) is 0 Å². The molecule has 3 N–H and O–H groups in total. The number of benzene rings is 1. The van der Waals surface area contributed by atoms with E-state index in [1.165, 1.54) is 6.07 Å². The number of nitrogens with two attached hydrogens (primary N) is 1. The standard InChI is InChI=1S/C11H11NO3S2/c12-17(14,15)10-6-9(7-16-10)11(13)8-4-2-1-3-5-8/h1-7,11,13H,(H2,12,14,15). The van der Waals surface area contributed by atoms with Crippen molar-refractivity contribution in [2.75, 3.05) is 0 Å². The monoisotopic (exact) mass is 269 g/mol. The van der Waals surface area contributed by atoms with Crippen molar-refractivity contribution in [3.63, 3.8) is 0 Å². The number of hydrogen-bond donors (Lipinski definition) is 2. The Labute approximate surface area is 103 Å². The van der Waals surface area contributed by atoms with Crippen molar-refractivity contribution >= 4 is 21.4 Å². The molecule has 2 aromatic rings. The molecule has 0 spiro atoms. The van der Waals surface area contributed by atoms with Crippen molar-refractivity contribution < 1.29 is 13.5 Å². The van der Waals surface area contributed by atoms with Crippen molar-refractivity contribution in [3.05, 3.63) is 52.9 Å². The van der Waals surface area contributed by atoms with E-state index in [-0.39, 0.29) is 4.21 Å². The fourth-order valence-electron chi connectivity index (χ4n) is 1.45. The van der Waals surface area contributed by atoms with Gasteiger partial charge in [0.2, 0.25) is 10.0 Å². The second-order valence-corrected chi connectivity index (χ2v) is 6.26. The molecule has 1 aromatic carbocycles. The van der Waals surface area contributed by atoms with Crippen molar-refractivity contribution in [2.24, 2.45) is 5.14 Å². The van der Waals surface area contributed by atoms with Gasteiger partial charge in [-0.3, -0.25) is 0 Å². The predicted molar refractivity (Wildman–Crippen MR) is 66.2 cm³/mol. The summed E-state index contributed by atoms with van der Waals surface area (Å²) in [7, 11) is -3.69. The molecule has 0 aliphatic heterocycles. The van der Waals surface area contributed by atoms with Crippen LogP contribution in [0.5, 0.6) is 0 Å². The zero-order valence-corrected chi connectivity index (χ0v) is 10.4. The quantitative estimate of drug-likeness (QED) is 0.885. The largest absolute Gasteiger partial charge is 0.384 e. The van der Waals surface area contributed by atoms with Crippen LogP contribution in [0.2, 0.25) is 0 Å². The van der Waals surface area contributed by atoms with Gasteiger partial charge in [0, 0.05) is 0 Å². The summed E-state index contributed by atoms with van der Waals surface area (Å²) in [4.78, 5) is 0. The van der Waals surface area contributed by atoms with Crippen LogP contribution in [-0.2, 0) is 10.0 Å². The second kappa shape index (κ2) is 4.58. The molecule has 90 valence electrons. The van der Waals surface area contributed by atoms with Gasteiger partial charge in [-0.05, 0) is 22.6 Å². The molecule has 4 nitrogen and oxygen atoms in total. The predicted octanol–water partition coefficient (Wildman–Crippen LogP) is 1.48. The Bertz CT molecular complexity index is 605. The molecule has 2 rings (SSSR count). The van der Waals surface area contributed by atoms with Gasteiger partial charge in [0.05, 0.1) is 0 Å². The van der Waals surface area contributed by atoms with E-state index in [1.807, 2.05) is 18.2 Å². The highest BCUT2D eigenvalue weighted by Crippen LogP contribution is 2.27. The van der Waals surface area contributed by atoms with E-state index < -0.39 is 16.1 Å². The average Bonchev–Trinajstić information content (AvgIpc) is 2.78. The number of hydrogen-bond acceptors (Lipinski definition) is 4. The van der Waals surface area contributed by atoms with Crippen LogP contribution in [0.3, 0.4) is 0 Å². The minimum absolute atomic E-state index is 0.0579. The van der Waals surface area contributed by atoms with E-state index in [4.69, 9.17) is 5.14 Å². The molecule has 1 heterocycles. The molecule has 0 radical (unpaired) electrons. The lowest BCUT2D eigenvalue weighted by atomic mass is 10.1. The molecule has 0 amide bonds. The highest BCUT2D eigenvalue weighted by atomic mass is 32.2. The first kappa shape index (κ1) is 12.3.